The first-order valence-electron chi connectivity index (χ1n) is 4.73. The SMILES string of the molecule is CC.Cc1cc(NC(C)C)ncn1. The van der Waals surface area contributed by atoms with Crippen LogP contribution in [0.3, 0.4) is 0 Å². The predicted molar refractivity (Wildman–Crippen MR) is 56.9 cm³/mol. The van der Waals surface area contributed by atoms with Crippen LogP contribution < -0.4 is 5.32 Å². The number of aryl methyl sites for hydroxylation is 1. The van der Waals surface area contributed by atoms with Crippen molar-refractivity contribution < 1.29 is 0 Å². The van der Waals surface area contributed by atoms with Crippen molar-refractivity contribution in [2.75, 3.05) is 5.32 Å². The maximum absolute atomic E-state index is 4.06. The van der Waals surface area contributed by atoms with Gasteiger partial charge in [-0.25, -0.2) is 9.97 Å². The summed E-state index contributed by atoms with van der Waals surface area (Å²) < 4.78 is 0. The minimum absolute atomic E-state index is 0.421. The third kappa shape index (κ3) is 5.17. The summed E-state index contributed by atoms with van der Waals surface area (Å²) in [6.45, 7) is 10.1. The van der Waals surface area contributed by atoms with Gasteiger partial charge < -0.3 is 5.32 Å². The predicted octanol–water partition coefficient (Wildman–Crippen LogP) is 2.63. The van der Waals surface area contributed by atoms with Gasteiger partial charge in [-0.3, -0.25) is 0 Å². The zero-order chi connectivity index (χ0) is 10.3. The average molecular weight is 181 g/mol. The molecule has 3 heteroatoms. The molecule has 0 radical (unpaired) electrons. The lowest BCUT2D eigenvalue weighted by atomic mass is 10.3. The summed E-state index contributed by atoms with van der Waals surface area (Å²) in [5.41, 5.74) is 0.989. The lowest BCUT2D eigenvalue weighted by Gasteiger charge is -2.07. The van der Waals surface area contributed by atoms with Crippen LogP contribution in [0.4, 0.5) is 5.82 Å². The smallest absolute Gasteiger partial charge is 0.129 e. The van der Waals surface area contributed by atoms with Crippen molar-refractivity contribution in [3.8, 4) is 0 Å². The van der Waals surface area contributed by atoms with Gasteiger partial charge in [0.25, 0.3) is 0 Å². The Morgan fingerprint density at radius 3 is 2.31 bits per heavy atom. The van der Waals surface area contributed by atoms with E-state index in [1.807, 2.05) is 26.8 Å². The van der Waals surface area contributed by atoms with Crippen molar-refractivity contribution in [3.05, 3.63) is 18.1 Å². The average Bonchev–Trinajstić information content (AvgIpc) is 2.06. The zero-order valence-corrected chi connectivity index (χ0v) is 9.13. The van der Waals surface area contributed by atoms with Gasteiger partial charge in [-0.1, -0.05) is 13.8 Å². The third-order valence-electron chi connectivity index (χ3n) is 1.24. The fourth-order valence-electron chi connectivity index (χ4n) is 0.829. The van der Waals surface area contributed by atoms with Crippen LogP contribution in [-0.2, 0) is 0 Å². The molecule has 0 saturated heterocycles. The lowest BCUT2D eigenvalue weighted by molar-refractivity contribution is 0.884. The van der Waals surface area contributed by atoms with E-state index in [0.717, 1.165) is 11.5 Å². The van der Waals surface area contributed by atoms with Gasteiger partial charge in [-0.15, -0.1) is 0 Å². The normalized spacial score (nSPS) is 9.08. The molecule has 0 aliphatic carbocycles. The van der Waals surface area contributed by atoms with Crippen LogP contribution in [0, 0.1) is 6.92 Å². The minimum atomic E-state index is 0.421. The van der Waals surface area contributed by atoms with E-state index in [1.54, 1.807) is 6.33 Å². The second-order valence-electron chi connectivity index (χ2n) is 2.84. The summed E-state index contributed by atoms with van der Waals surface area (Å²) in [6, 6.07) is 2.35. The fourth-order valence-corrected chi connectivity index (χ4v) is 0.829. The Balaban J connectivity index is 0.000000671. The monoisotopic (exact) mass is 181 g/mol. The van der Waals surface area contributed by atoms with E-state index in [1.165, 1.54) is 0 Å². The molecule has 0 bridgehead atoms. The molecule has 0 aliphatic rings. The minimum Gasteiger partial charge on any atom is -0.368 e. The summed E-state index contributed by atoms with van der Waals surface area (Å²) in [5, 5.41) is 3.19. The molecular formula is C10H19N3. The standard InChI is InChI=1S/C8H13N3.C2H6/c1-6(2)11-8-4-7(3)9-5-10-8;1-2/h4-6H,1-3H3,(H,9,10,11);1-2H3. The molecule has 1 aromatic heterocycles. The highest BCUT2D eigenvalue weighted by Gasteiger charge is 1.95. The number of hydrogen-bond donors (Lipinski definition) is 1. The Hall–Kier alpha value is -1.12. The van der Waals surface area contributed by atoms with E-state index >= 15 is 0 Å². The van der Waals surface area contributed by atoms with Gasteiger partial charge in [-0.05, 0) is 20.8 Å². The first kappa shape index (κ1) is 11.9. The fraction of sp³-hybridized carbons (Fsp3) is 0.600. The first-order chi connectivity index (χ1) is 6.18. The molecule has 13 heavy (non-hydrogen) atoms. The maximum Gasteiger partial charge on any atom is 0.129 e. The first-order valence-corrected chi connectivity index (χ1v) is 4.73. The highest BCUT2D eigenvalue weighted by molar-refractivity contribution is 5.34. The van der Waals surface area contributed by atoms with E-state index in [4.69, 9.17) is 0 Å². The zero-order valence-electron chi connectivity index (χ0n) is 9.13. The molecule has 74 valence electrons. The Kier molecular flexibility index (Phi) is 5.85. The Morgan fingerprint density at radius 2 is 1.85 bits per heavy atom. The molecule has 3 nitrogen and oxygen atoms in total. The highest BCUT2D eigenvalue weighted by Crippen LogP contribution is 2.03. The molecule has 0 spiro atoms. The third-order valence-corrected chi connectivity index (χ3v) is 1.24. The molecule has 0 saturated carbocycles. The largest absolute Gasteiger partial charge is 0.368 e. The van der Waals surface area contributed by atoms with Crippen molar-refractivity contribution in [1.29, 1.82) is 0 Å². The molecule has 0 aromatic carbocycles. The molecule has 0 atom stereocenters. The van der Waals surface area contributed by atoms with Crippen LogP contribution >= 0.6 is 0 Å². The Morgan fingerprint density at radius 1 is 1.23 bits per heavy atom. The summed E-state index contributed by atoms with van der Waals surface area (Å²) in [5.74, 6) is 0.896. The van der Waals surface area contributed by atoms with E-state index in [0.29, 0.717) is 6.04 Å². The van der Waals surface area contributed by atoms with Gasteiger partial charge in [0.2, 0.25) is 0 Å². The molecule has 1 aromatic rings. The molecule has 0 unspecified atom stereocenters. The quantitative estimate of drug-likeness (QED) is 0.762. The highest BCUT2D eigenvalue weighted by atomic mass is 15.0. The van der Waals surface area contributed by atoms with Gasteiger partial charge in [0.15, 0.2) is 0 Å². The van der Waals surface area contributed by atoms with Crippen molar-refractivity contribution >= 4 is 5.82 Å². The number of anilines is 1. The Bertz CT molecular complexity index is 233. The summed E-state index contributed by atoms with van der Waals surface area (Å²) in [7, 11) is 0. The second-order valence-corrected chi connectivity index (χ2v) is 2.84. The van der Waals surface area contributed by atoms with Crippen LogP contribution in [0.25, 0.3) is 0 Å². The van der Waals surface area contributed by atoms with E-state index in [2.05, 4.69) is 29.1 Å². The van der Waals surface area contributed by atoms with Crippen molar-refractivity contribution in [1.82, 2.24) is 9.97 Å². The van der Waals surface area contributed by atoms with Crippen molar-refractivity contribution in [2.24, 2.45) is 0 Å². The molecule has 1 heterocycles. The van der Waals surface area contributed by atoms with Crippen LogP contribution in [0.15, 0.2) is 12.4 Å². The molecule has 1 rings (SSSR count). The van der Waals surface area contributed by atoms with E-state index < -0.39 is 0 Å². The number of hydrogen-bond acceptors (Lipinski definition) is 3. The molecule has 0 fully saturated rings. The number of aromatic nitrogens is 2. The Labute approximate surface area is 80.6 Å². The van der Waals surface area contributed by atoms with E-state index in [9.17, 15) is 0 Å². The van der Waals surface area contributed by atoms with Crippen LogP contribution in [0.1, 0.15) is 33.4 Å². The van der Waals surface area contributed by atoms with Crippen molar-refractivity contribution in [2.45, 2.75) is 40.7 Å². The van der Waals surface area contributed by atoms with Gasteiger partial charge in [-0.2, -0.15) is 0 Å². The maximum atomic E-state index is 4.06. The molecule has 0 amide bonds. The van der Waals surface area contributed by atoms with Crippen molar-refractivity contribution in [3.63, 3.8) is 0 Å². The molecular weight excluding hydrogens is 162 g/mol. The topological polar surface area (TPSA) is 37.8 Å². The summed E-state index contributed by atoms with van der Waals surface area (Å²) >= 11 is 0. The van der Waals surface area contributed by atoms with Crippen LogP contribution in [-0.4, -0.2) is 16.0 Å². The molecule has 1 N–H and O–H groups in total. The van der Waals surface area contributed by atoms with Gasteiger partial charge >= 0.3 is 0 Å². The number of nitrogens with one attached hydrogen (secondary N) is 1. The van der Waals surface area contributed by atoms with Gasteiger partial charge in [0, 0.05) is 17.8 Å². The second kappa shape index (κ2) is 6.40. The van der Waals surface area contributed by atoms with E-state index in [-0.39, 0.29) is 0 Å². The number of nitrogens with zero attached hydrogens (tertiary/aromatic N) is 2. The number of rotatable bonds is 2. The summed E-state index contributed by atoms with van der Waals surface area (Å²) in [4.78, 5) is 8.05. The van der Waals surface area contributed by atoms with Gasteiger partial charge in [0.05, 0.1) is 0 Å². The van der Waals surface area contributed by atoms with Crippen LogP contribution in [0.5, 0.6) is 0 Å². The lowest BCUT2D eigenvalue weighted by Crippen LogP contribution is -2.11. The van der Waals surface area contributed by atoms with Crippen LogP contribution in [0.2, 0.25) is 0 Å². The summed E-state index contributed by atoms with van der Waals surface area (Å²) in [6.07, 6.45) is 1.57. The molecule has 0 aliphatic heterocycles. The van der Waals surface area contributed by atoms with Gasteiger partial charge in [0.1, 0.15) is 12.1 Å².